The van der Waals surface area contributed by atoms with Crippen molar-refractivity contribution < 1.29 is 4.74 Å². The van der Waals surface area contributed by atoms with E-state index in [9.17, 15) is 0 Å². The molecule has 1 aromatic heterocycles. The second-order valence-electron chi connectivity index (χ2n) is 4.32. The van der Waals surface area contributed by atoms with Gasteiger partial charge in [0.15, 0.2) is 0 Å². The van der Waals surface area contributed by atoms with E-state index in [1.54, 1.807) is 0 Å². The van der Waals surface area contributed by atoms with Gasteiger partial charge in [-0.15, -0.1) is 0 Å². The van der Waals surface area contributed by atoms with Crippen LogP contribution in [0.3, 0.4) is 0 Å². The molecule has 0 spiro atoms. The Morgan fingerprint density at radius 3 is 2.80 bits per heavy atom. The first-order valence-electron chi connectivity index (χ1n) is 5.48. The van der Waals surface area contributed by atoms with Gasteiger partial charge in [0.05, 0.1) is 0 Å². The largest absolute Gasteiger partial charge is 0.381 e. The van der Waals surface area contributed by atoms with Crippen LogP contribution in [0, 0.1) is 6.92 Å². The molecule has 0 bridgehead atoms. The molecule has 15 heavy (non-hydrogen) atoms. The smallest absolute Gasteiger partial charge is 0.0482 e. The Labute approximate surface area is 90.7 Å². The minimum atomic E-state index is 0.0459. The zero-order valence-corrected chi connectivity index (χ0v) is 9.20. The van der Waals surface area contributed by atoms with Crippen LogP contribution < -0.4 is 5.73 Å². The number of aromatic nitrogens is 1. The Bertz CT molecular complexity index is 332. The van der Waals surface area contributed by atoms with Gasteiger partial charge in [0.1, 0.15) is 0 Å². The maximum atomic E-state index is 5.92. The molecule has 1 fully saturated rings. The van der Waals surface area contributed by atoms with Crippen LogP contribution in [-0.4, -0.2) is 24.7 Å². The highest BCUT2D eigenvalue weighted by molar-refractivity contribution is 5.23. The third-order valence-corrected chi connectivity index (χ3v) is 3.30. The molecule has 82 valence electrons. The molecule has 2 rings (SSSR count). The number of aryl methyl sites for hydroxylation is 1. The first kappa shape index (κ1) is 10.6. The standard InChI is InChI=1S/C12H18N2O/c1-10-2-5-14-11(8-10)12(9-13)3-6-15-7-4-12/h2,5,8H,3-4,6-7,9,13H2,1H3. The molecule has 2 heterocycles. The lowest BCUT2D eigenvalue weighted by atomic mass is 9.77. The highest BCUT2D eigenvalue weighted by atomic mass is 16.5. The number of rotatable bonds is 2. The zero-order valence-electron chi connectivity index (χ0n) is 9.20. The normalized spacial score (nSPS) is 20.1. The van der Waals surface area contributed by atoms with E-state index in [1.807, 2.05) is 12.3 Å². The number of nitrogens with two attached hydrogens (primary N) is 1. The summed E-state index contributed by atoms with van der Waals surface area (Å²) in [6.07, 6.45) is 3.84. The molecular formula is C12H18N2O. The molecule has 1 saturated heterocycles. The van der Waals surface area contributed by atoms with Crippen molar-refractivity contribution >= 4 is 0 Å². The van der Waals surface area contributed by atoms with Crippen LogP contribution in [0.1, 0.15) is 24.1 Å². The van der Waals surface area contributed by atoms with Crippen molar-refractivity contribution in [3.05, 3.63) is 29.6 Å². The number of hydrogen-bond donors (Lipinski definition) is 1. The molecule has 2 N–H and O–H groups in total. The summed E-state index contributed by atoms with van der Waals surface area (Å²) >= 11 is 0. The van der Waals surface area contributed by atoms with Gasteiger partial charge in [-0.3, -0.25) is 4.98 Å². The third kappa shape index (κ3) is 2.03. The maximum Gasteiger partial charge on any atom is 0.0482 e. The first-order chi connectivity index (χ1) is 7.27. The molecule has 3 heteroatoms. The average Bonchev–Trinajstić information content (AvgIpc) is 2.30. The molecule has 1 aromatic rings. The van der Waals surface area contributed by atoms with Crippen LogP contribution in [0.25, 0.3) is 0 Å². The molecule has 0 amide bonds. The second kappa shape index (κ2) is 4.29. The highest BCUT2D eigenvalue weighted by Crippen LogP contribution is 2.32. The minimum Gasteiger partial charge on any atom is -0.381 e. The van der Waals surface area contributed by atoms with Crippen molar-refractivity contribution in [1.29, 1.82) is 0 Å². The lowest BCUT2D eigenvalue weighted by molar-refractivity contribution is 0.0515. The van der Waals surface area contributed by atoms with Crippen LogP contribution in [-0.2, 0) is 10.2 Å². The van der Waals surface area contributed by atoms with Crippen molar-refractivity contribution in [3.8, 4) is 0 Å². The molecule has 0 radical (unpaired) electrons. The van der Waals surface area contributed by atoms with E-state index in [1.165, 1.54) is 5.56 Å². The summed E-state index contributed by atoms with van der Waals surface area (Å²) in [6.45, 7) is 4.35. The van der Waals surface area contributed by atoms with Crippen molar-refractivity contribution in [1.82, 2.24) is 4.98 Å². The van der Waals surface area contributed by atoms with E-state index in [0.29, 0.717) is 6.54 Å². The molecule has 1 aliphatic rings. The molecule has 1 aliphatic heterocycles. The summed E-state index contributed by atoms with van der Waals surface area (Å²) < 4.78 is 5.39. The molecule has 0 unspecified atom stereocenters. The fourth-order valence-electron chi connectivity index (χ4n) is 2.15. The van der Waals surface area contributed by atoms with Gasteiger partial charge < -0.3 is 10.5 Å². The van der Waals surface area contributed by atoms with E-state index < -0.39 is 0 Å². The van der Waals surface area contributed by atoms with Gasteiger partial charge in [0, 0.05) is 37.1 Å². The van der Waals surface area contributed by atoms with Crippen LogP contribution >= 0.6 is 0 Å². The van der Waals surface area contributed by atoms with Crippen LogP contribution in [0.2, 0.25) is 0 Å². The lowest BCUT2D eigenvalue weighted by Crippen LogP contribution is -2.41. The lowest BCUT2D eigenvalue weighted by Gasteiger charge is -2.35. The van der Waals surface area contributed by atoms with Gasteiger partial charge in [0.2, 0.25) is 0 Å². The van der Waals surface area contributed by atoms with Crippen molar-refractivity contribution in [3.63, 3.8) is 0 Å². The number of ether oxygens (including phenoxy) is 1. The summed E-state index contributed by atoms with van der Waals surface area (Å²) in [6, 6.07) is 4.17. The van der Waals surface area contributed by atoms with Crippen molar-refractivity contribution in [2.45, 2.75) is 25.2 Å². The highest BCUT2D eigenvalue weighted by Gasteiger charge is 2.34. The molecule has 0 aromatic carbocycles. The van der Waals surface area contributed by atoms with Crippen molar-refractivity contribution in [2.24, 2.45) is 5.73 Å². The van der Waals surface area contributed by atoms with E-state index in [4.69, 9.17) is 10.5 Å². The Morgan fingerprint density at radius 1 is 1.47 bits per heavy atom. The van der Waals surface area contributed by atoms with Gasteiger partial charge >= 0.3 is 0 Å². The monoisotopic (exact) mass is 206 g/mol. The van der Waals surface area contributed by atoms with E-state index >= 15 is 0 Å². The summed E-state index contributed by atoms with van der Waals surface area (Å²) in [4.78, 5) is 4.47. The quantitative estimate of drug-likeness (QED) is 0.795. The van der Waals surface area contributed by atoms with Gasteiger partial charge in [-0.2, -0.15) is 0 Å². The number of nitrogens with zero attached hydrogens (tertiary/aromatic N) is 1. The van der Waals surface area contributed by atoms with Crippen LogP contribution in [0.4, 0.5) is 0 Å². The van der Waals surface area contributed by atoms with Gasteiger partial charge in [-0.05, 0) is 37.5 Å². The van der Waals surface area contributed by atoms with E-state index in [-0.39, 0.29) is 5.41 Å². The van der Waals surface area contributed by atoms with Crippen LogP contribution in [0.5, 0.6) is 0 Å². The predicted molar refractivity (Wildman–Crippen MR) is 59.8 cm³/mol. The van der Waals surface area contributed by atoms with Crippen LogP contribution in [0.15, 0.2) is 18.3 Å². The Kier molecular flexibility index (Phi) is 3.03. The first-order valence-corrected chi connectivity index (χ1v) is 5.48. The summed E-state index contributed by atoms with van der Waals surface area (Å²) in [5.41, 5.74) is 8.35. The van der Waals surface area contributed by atoms with E-state index in [2.05, 4.69) is 18.0 Å². The second-order valence-corrected chi connectivity index (χ2v) is 4.32. The fourth-order valence-corrected chi connectivity index (χ4v) is 2.15. The minimum absolute atomic E-state index is 0.0459. The average molecular weight is 206 g/mol. The Balaban J connectivity index is 2.32. The molecule has 3 nitrogen and oxygen atoms in total. The molecule has 0 saturated carbocycles. The SMILES string of the molecule is Cc1ccnc(C2(CN)CCOCC2)c1. The molecule has 0 aliphatic carbocycles. The summed E-state index contributed by atoms with van der Waals surface area (Å²) in [5.74, 6) is 0. The third-order valence-electron chi connectivity index (χ3n) is 3.30. The predicted octanol–water partition coefficient (Wildman–Crippen LogP) is 1.40. The summed E-state index contributed by atoms with van der Waals surface area (Å²) in [5, 5.41) is 0. The van der Waals surface area contributed by atoms with Gasteiger partial charge in [0.25, 0.3) is 0 Å². The topological polar surface area (TPSA) is 48.1 Å². The fraction of sp³-hybridized carbons (Fsp3) is 0.583. The Hall–Kier alpha value is -0.930. The number of pyridine rings is 1. The Morgan fingerprint density at radius 2 is 2.20 bits per heavy atom. The maximum absolute atomic E-state index is 5.92. The van der Waals surface area contributed by atoms with Crippen molar-refractivity contribution in [2.75, 3.05) is 19.8 Å². The van der Waals surface area contributed by atoms with E-state index in [0.717, 1.165) is 31.7 Å². The summed E-state index contributed by atoms with van der Waals surface area (Å²) in [7, 11) is 0. The van der Waals surface area contributed by atoms with Gasteiger partial charge in [-0.25, -0.2) is 0 Å². The number of hydrogen-bond acceptors (Lipinski definition) is 3. The molecule has 0 atom stereocenters. The molecular weight excluding hydrogens is 188 g/mol. The van der Waals surface area contributed by atoms with Gasteiger partial charge in [-0.1, -0.05) is 0 Å². The zero-order chi connectivity index (χ0) is 10.7.